The van der Waals surface area contributed by atoms with Crippen molar-refractivity contribution in [2.75, 3.05) is 6.61 Å². The number of fused-ring (bicyclic) bond motifs is 1. The number of rotatable bonds is 3. The van der Waals surface area contributed by atoms with E-state index in [2.05, 4.69) is 9.97 Å². The van der Waals surface area contributed by atoms with Gasteiger partial charge in [-0.15, -0.1) is 0 Å². The van der Waals surface area contributed by atoms with Gasteiger partial charge in [0, 0.05) is 12.4 Å². The van der Waals surface area contributed by atoms with Gasteiger partial charge in [-0.25, -0.2) is 4.98 Å². The summed E-state index contributed by atoms with van der Waals surface area (Å²) in [5.74, 6) is 0. The number of nitrogens with zero attached hydrogens (tertiary/aromatic N) is 3. The number of ether oxygens (including phenoxy) is 1. The molecule has 2 aromatic rings. The molecule has 4 N–H and O–H groups in total. The quantitative estimate of drug-likeness (QED) is 0.547. The van der Waals surface area contributed by atoms with E-state index < -0.39 is 36.5 Å². The van der Waals surface area contributed by atoms with E-state index >= 15 is 0 Å². The van der Waals surface area contributed by atoms with Gasteiger partial charge in [0.05, 0.1) is 24.5 Å². The molecule has 0 aliphatic carbocycles. The third-order valence-electron chi connectivity index (χ3n) is 3.37. The zero-order valence-corrected chi connectivity index (χ0v) is 11.7. The topological polar surface area (TPSA) is 120 Å². The van der Waals surface area contributed by atoms with E-state index in [9.17, 15) is 15.3 Å². The maximum absolute atomic E-state index is 10.0. The smallest absolute Gasteiger partial charge is 0.175 e. The molecule has 5 atom stereocenters. The van der Waals surface area contributed by atoms with Crippen molar-refractivity contribution in [3.8, 4) is 0 Å². The molecule has 0 unspecified atom stereocenters. The lowest BCUT2D eigenvalue weighted by atomic mass is 10.0. The minimum atomic E-state index is -1.39. The second kappa shape index (κ2) is 5.87. The molecule has 3 heterocycles. The highest BCUT2D eigenvalue weighted by molar-refractivity contribution is 7.99. The van der Waals surface area contributed by atoms with Crippen molar-refractivity contribution in [2.24, 2.45) is 0 Å². The lowest BCUT2D eigenvalue weighted by Gasteiger charge is -2.39. The minimum Gasteiger partial charge on any atom is -0.394 e. The molecule has 1 fully saturated rings. The van der Waals surface area contributed by atoms with Gasteiger partial charge >= 0.3 is 0 Å². The fourth-order valence-corrected chi connectivity index (χ4v) is 3.28. The Labute approximate surface area is 124 Å². The van der Waals surface area contributed by atoms with E-state index in [-0.39, 0.29) is 0 Å². The molecule has 0 spiro atoms. The Balaban J connectivity index is 1.83. The fourth-order valence-electron chi connectivity index (χ4n) is 2.18. The van der Waals surface area contributed by atoms with Gasteiger partial charge in [-0.05, 0) is 0 Å². The molecule has 0 bridgehead atoms. The summed E-state index contributed by atoms with van der Waals surface area (Å²) in [6.45, 7) is -0.450. The first-order valence-electron chi connectivity index (χ1n) is 6.36. The molecule has 9 heteroatoms. The molecular weight excluding hydrogens is 298 g/mol. The van der Waals surface area contributed by atoms with Gasteiger partial charge in [-0.2, -0.15) is 0 Å². The highest BCUT2D eigenvalue weighted by Crippen LogP contribution is 2.32. The number of hydrogen-bond acceptors (Lipinski definition) is 8. The maximum atomic E-state index is 10.0. The summed E-state index contributed by atoms with van der Waals surface area (Å²) >= 11 is 1.10. The minimum absolute atomic E-state index is 0.450. The summed E-state index contributed by atoms with van der Waals surface area (Å²) in [6.07, 6.45) is 1.63. The number of thioether (sulfide) groups is 1. The molecule has 0 aromatic carbocycles. The molecule has 2 aromatic heterocycles. The Kier molecular flexibility index (Phi) is 4.11. The van der Waals surface area contributed by atoms with Crippen LogP contribution in [0.1, 0.15) is 0 Å². The van der Waals surface area contributed by atoms with Crippen LogP contribution in [0.2, 0.25) is 0 Å². The zero-order valence-electron chi connectivity index (χ0n) is 10.9. The second-order valence-corrected chi connectivity index (χ2v) is 5.79. The predicted octanol–water partition coefficient (Wildman–Crippen LogP) is -1.38. The summed E-state index contributed by atoms with van der Waals surface area (Å²) in [5.41, 5.74) is -0.0658. The van der Waals surface area contributed by atoms with Crippen molar-refractivity contribution in [1.82, 2.24) is 14.4 Å². The van der Waals surface area contributed by atoms with E-state index in [0.29, 0.717) is 5.16 Å². The van der Waals surface area contributed by atoms with Crippen LogP contribution in [0, 0.1) is 0 Å². The predicted molar refractivity (Wildman–Crippen MR) is 72.6 cm³/mol. The average molecular weight is 313 g/mol. The Morgan fingerprint density at radius 2 is 2.00 bits per heavy atom. The number of aromatic nitrogens is 3. The Morgan fingerprint density at radius 1 is 1.19 bits per heavy atom. The van der Waals surface area contributed by atoms with Crippen LogP contribution in [0.4, 0.5) is 0 Å². The molecule has 8 nitrogen and oxygen atoms in total. The lowest BCUT2D eigenvalue weighted by molar-refractivity contribution is -0.205. The first-order valence-corrected chi connectivity index (χ1v) is 7.24. The molecular formula is C12H15N3O5S. The van der Waals surface area contributed by atoms with Crippen LogP contribution >= 0.6 is 11.8 Å². The molecule has 0 saturated carbocycles. The van der Waals surface area contributed by atoms with Gasteiger partial charge in [0.25, 0.3) is 0 Å². The molecule has 0 radical (unpaired) electrons. The van der Waals surface area contributed by atoms with Crippen molar-refractivity contribution in [3.05, 3.63) is 24.8 Å². The average Bonchev–Trinajstić information content (AvgIpc) is 2.91. The van der Waals surface area contributed by atoms with Crippen molar-refractivity contribution < 1.29 is 25.2 Å². The fraction of sp³-hybridized carbons (Fsp3) is 0.500. The summed E-state index contributed by atoms with van der Waals surface area (Å²) < 4.78 is 7.20. The Bertz CT molecular complexity index is 622. The van der Waals surface area contributed by atoms with E-state index in [1.807, 2.05) is 0 Å². The second-order valence-electron chi connectivity index (χ2n) is 4.73. The van der Waals surface area contributed by atoms with Crippen LogP contribution in [0.25, 0.3) is 5.52 Å². The van der Waals surface area contributed by atoms with E-state index in [4.69, 9.17) is 9.84 Å². The standard InChI is InChI=1S/C12H15N3O5S/c16-5-7-8(17)9(18)10(19)11(20-7)21-12-14-4-6-3-13-1-2-15(6)12/h1-4,7-11,16-19H,5H2/t7-,8-,9+,10-,11+/m1/s1. The van der Waals surface area contributed by atoms with Gasteiger partial charge in [0.15, 0.2) is 5.16 Å². The monoisotopic (exact) mass is 313 g/mol. The van der Waals surface area contributed by atoms with Gasteiger partial charge in [0.2, 0.25) is 0 Å². The zero-order chi connectivity index (χ0) is 15.0. The number of aliphatic hydroxyl groups is 4. The van der Waals surface area contributed by atoms with Crippen LogP contribution in [0.5, 0.6) is 0 Å². The number of imidazole rings is 1. The van der Waals surface area contributed by atoms with Gasteiger partial charge in [-0.3, -0.25) is 9.38 Å². The van der Waals surface area contributed by atoms with E-state index in [1.54, 1.807) is 29.2 Å². The summed E-state index contributed by atoms with van der Waals surface area (Å²) in [4.78, 5) is 8.19. The van der Waals surface area contributed by atoms with Gasteiger partial charge < -0.3 is 25.2 Å². The van der Waals surface area contributed by atoms with Crippen molar-refractivity contribution in [1.29, 1.82) is 0 Å². The van der Waals surface area contributed by atoms with Crippen LogP contribution in [-0.4, -0.2) is 71.3 Å². The largest absolute Gasteiger partial charge is 0.394 e. The lowest BCUT2D eigenvalue weighted by Crippen LogP contribution is -2.57. The highest BCUT2D eigenvalue weighted by atomic mass is 32.2. The SMILES string of the molecule is OC[C@H]1O[C@@H](Sc2ncc3cnccn23)[C@H](O)[C@@H](O)[C@@H]1O. The molecule has 0 amide bonds. The summed E-state index contributed by atoms with van der Waals surface area (Å²) in [7, 11) is 0. The number of aliphatic hydroxyl groups excluding tert-OH is 4. The molecule has 21 heavy (non-hydrogen) atoms. The Hall–Kier alpha value is -1.23. The molecule has 114 valence electrons. The van der Waals surface area contributed by atoms with Gasteiger partial charge in [0.1, 0.15) is 29.9 Å². The van der Waals surface area contributed by atoms with Crippen LogP contribution in [0.15, 0.2) is 29.9 Å². The number of hydrogen-bond donors (Lipinski definition) is 4. The molecule has 1 aliphatic heterocycles. The van der Waals surface area contributed by atoms with E-state index in [0.717, 1.165) is 17.3 Å². The van der Waals surface area contributed by atoms with Crippen molar-refractivity contribution >= 4 is 17.3 Å². The first kappa shape index (κ1) is 14.7. The molecule has 1 aliphatic rings. The normalized spacial score (nSPS) is 33.4. The third-order valence-corrected chi connectivity index (χ3v) is 4.51. The van der Waals surface area contributed by atoms with Crippen LogP contribution in [0.3, 0.4) is 0 Å². The van der Waals surface area contributed by atoms with Crippen molar-refractivity contribution in [2.45, 2.75) is 35.0 Å². The third kappa shape index (κ3) is 2.63. The molecule has 1 saturated heterocycles. The van der Waals surface area contributed by atoms with Crippen LogP contribution in [-0.2, 0) is 4.74 Å². The summed E-state index contributed by atoms with van der Waals surface area (Å²) in [6, 6.07) is 0. The molecule has 3 rings (SSSR count). The first-order chi connectivity index (χ1) is 10.1. The Morgan fingerprint density at radius 3 is 2.76 bits per heavy atom. The van der Waals surface area contributed by atoms with E-state index in [1.165, 1.54) is 0 Å². The highest BCUT2D eigenvalue weighted by Gasteiger charge is 2.44. The maximum Gasteiger partial charge on any atom is 0.175 e. The van der Waals surface area contributed by atoms with Crippen molar-refractivity contribution in [3.63, 3.8) is 0 Å². The van der Waals surface area contributed by atoms with Crippen LogP contribution < -0.4 is 0 Å². The summed E-state index contributed by atoms with van der Waals surface area (Å²) in [5, 5.41) is 39.2. The van der Waals surface area contributed by atoms with Gasteiger partial charge in [-0.1, -0.05) is 11.8 Å².